The smallest absolute Gasteiger partial charge is 0.253 e. The number of hydrogen-bond acceptors (Lipinski definition) is 2. The third-order valence-corrected chi connectivity index (χ3v) is 3.74. The molecule has 18 heavy (non-hydrogen) atoms. The number of benzene rings is 1. The number of amides is 1. The van der Waals surface area contributed by atoms with Crippen LogP contribution in [0.5, 0.6) is 0 Å². The third-order valence-electron chi connectivity index (χ3n) is 3.21. The topological polar surface area (TPSA) is 29.5 Å². The zero-order chi connectivity index (χ0) is 13.0. The first-order chi connectivity index (χ1) is 8.70. The zero-order valence-electron chi connectivity index (χ0n) is 10.6. The number of carbonyl (C=O) groups excluding carboxylic acids is 1. The Balaban J connectivity index is 2.02. The fourth-order valence-electron chi connectivity index (χ4n) is 2.16. The Bertz CT molecular complexity index is 399. The first kappa shape index (κ1) is 13.6. The summed E-state index contributed by atoms with van der Waals surface area (Å²) in [5.74, 6) is 0.0838. The van der Waals surface area contributed by atoms with E-state index in [2.05, 4.69) is 15.9 Å². The normalized spacial score (nSPS) is 18.9. The molecule has 0 aromatic heterocycles. The van der Waals surface area contributed by atoms with Crippen LogP contribution >= 0.6 is 15.9 Å². The van der Waals surface area contributed by atoms with Crippen LogP contribution in [0.1, 0.15) is 30.1 Å². The standard InChI is InChI=1S/C14H18BrNO2/c1-2-16(10-13-4-3-9-18-13)14(17)11-5-7-12(15)8-6-11/h5-8,13H,2-4,9-10H2,1H3. The number of rotatable bonds is 4. The van der Waals surface area contributed by atoms with E-state index in [9.17, 15) is 4.79 Å². The highest BCUT2D eigenvalue weighted by atomic mass is 79.9. The van der Waals surface area contributed by atoms with Crippen LogP contribution < -0.4 is 0 Å². The van der Waals surface area contributed by atoms with Crippen molar-refractivity contribution in [1.82, 2.24) is 4.90 Å². The quantitative estimate of drug-likeness (QED) is 0.855. The van der Waals surface area contributed by atoms with Crippen LogP contribution in [-0.4, -0.2) is 36.6 Å². The molecule has 0 aliphatic carbocycles. The van der Waals surface area contributed by atoms with Crippen LogP contribution in [0.2, 0.25) is 0 Å². The maximum absolute atomic E-state index is 12.3. The van der Waals surface area contributed by atoms with Gasteiger partial charge in [-0.1, -0.05) is 15.9 Å². The van der Waals surface area contributed by atoms with Gasteiger partial charge in [0.25, 0.3) is 5.91 Å². The number of carbonyl (C=O) groups is 1. The molecule has 1 aromatic carbocycles. The molecule has 1 saturated heterocycles. The Labute approximate surface area is 116 Å². The molecule has 1 heterocycles. The number of hydrogen-bond donors (Lipinski definition) is 0. The SMILES string of the molecule is CCN(CC1CCCO1)C(=O)c1ccc(Br)cc1. The lowest BCUT2D eigenvalue weighted by Gasteiger charge is -2.24. The molecular weight excluding hydrogens is 294 g/mol. The van der Waals surface area contributed by atoms with Crippen LogP contribution in [0, 0.1) is 0 Å². The van der Waals surface area contributed by atoms with E-state index in [0.29, 0.717) is 6.54 Å². The van der Waals surface area contributed by atoms with Gasteiger partial charge in [0.1, 0.15) is 0 Å². The summed E-state index contributed by atoms with van der Waals surface area (Å²) in [5.41, 5.74) is 0.734. The van der Waals surface area contributed by atoms with Gasteiger partial charge in [0.2, 0.25) is 0 Å². The monoisotopic (exact) mass is 311 g/mol. The minimum atomic E-state index is 0.0838. The van der Waals surface area contributed by atoms with E-state index in [4.69, 9.17) is 4.74 Å². The van der Waals surface area contributed by atoms with Crippen molar-refractivity contribution in [1.29, 1.82) is 0 Å². The molecular formula is C14H18BrNO2. The molecule has 1 aliphatic heterocycles. The molecule has 1 aromatic rings. The fourth-order valence-corrected chi connectivity index (χ4v) is 2.43. The molecule has 0 saturated carbocycles. The van der Waals surface area contributed by atoms with Gasteiger partial charge in [-0.3, -0.25) is 4.79 Å². The maximum Gasteiger partial charge on any atom is 0.253 e. The third kappa shape index (κ3) is 3.33. The van der Waals surface area contributed by atoms with Gasteiger partial charge in [0.05, 0.1) is 6.10 Å². The number of nitrogens with zero attached hydrogens (tertiary/aromatic N) is 1. The average molecular weight is 312 g/mol. The van der Waals surface area contributed by atoms with Crippen LogP contribution in [0.3, 0.4) is 0 Å². The first-order valence-corrected chi connectivity index (χ1v) is 7.16. The van der Waals surface area contributed by atoms with Crippen molar-refractivity contribution >= 4 is 21.8 Å². The van der Waals surface area contributed by atoms with Crippen molar-refractivity contribution in [2.45, 2.75) is 25.9 Å². The molecule has 1 atom stereocenters. The average Bonchev–Trinajstić information content (AvgIpc) is 2.89. The molecule has 0 N–H and O–H groups in total. The molecule has 98 valence electrons. The second-order valence-corrected chi connectivity index (χ2v) is 5.40. The molecule has 0 bridgehead atoms. The number of halogens is 1. The van der Waals surface area contributed by atoms with Gasteiger partial charge in [-0.05, 0) is 44.0 Å². The van der Waals surface area contributed by atoms with Gasteiger partial charge < -0.3 is 9.64 Å². The van der Waals surface area contributed by atoms with Crippen LogP contribution in [0.15, 0.2) is 28.7 Å². The van der Waals surface area contributed by atoms with Crippen molar-refractivity contribution in [3.63, 3.8) is 0 Å². The Morgan fingerprint density at radius 3 is 2.72 bits per heavy atom. The van der Waals surface area contributed by atoms with Crippen LogP contribution in [0.4, 0.5) is 0 Å². The fraction of sp³-hybridized carbons (Fsp3) is 0.500. The van der Waals surface area contributed by atoms with Gasteiger partial charge in [-0.25, -0.2) is 0 Å². The summed E-state index contributed by atoms with van der Waals surface area (Å²) in [4.78, 5) is 14.2. The van der Waals surface area contributed by atoms with Gasteiger partial charge in [-0.15, -0.1) is 0 Å². The molecule has 1 aliphatic rings. The lowest BCUT2D eigenvalue weighted by atomic mass is 10.1. The van der Waals surface area contributed by atoms with Crippen molar-refractivity contribution < 1.29 is 9.53 Å². The van der Waals surface area contributed by atoms with Gasteiger partial charge in [-0.2, -0.15) is 0 Å². The molecule has 0 spiro atoms. The number of ether oxygens (including phenoxy) is 1. The predicted molar refractivity (Wildman–Crippen MR) is 74.7 cm³/mol. The summed E-state index contributed by atoms with van der Waals surface area (Å²) in [6, 6.07) is 7.50. The van der Waals surface area contributed by atoms with E-state index in [1.54, 1.807) is 0 Å². The molecule has 1 amide bonds. The largest absolute Gasteiger partial charge is 0.376 e. The molecule has 1 unspecified atom stereocenters. The van der Waals surface area contributed by atoms with E-state index in [1.807, 2.05) is 36.1 Å². The van der Waals surface area contributed by atoms with E-state index in [0.717, 1.165) is 36.0 Å². The van der Waals surface area contributed by atoms with E-state index >= 15 is 0 Å². The minimum Gasteiger partial charge on any atom is -0.376 e. The van der Waals surface area contributed by atoms with Crippen LogP contribution in [-0.2, 0) is 4.74 Å². The Morgan fingerprint density at radius 1 is 1.44 bits per heavy atom. The van der Waals surface area contributed by atoms with Gasteiger partial charge in [0.15, 0.2) is 0 Å². The molecule has 1 fully saturated rings. The Hall–Kier alpha value is -0.870. The van der Waals surface area contributed by atoms with Gasteiger partial charge in [0, 0.05) is 29.7 Å². The predicted octanol–water partition coefficient (Wildman–Crippen LogP) is 3.09. The highest BCUT2D eigenvalue weighted by Crippen LogP contribution is 2.16. The minimum absolute atomic E-state index is 0.0838. The van der Waals surface area contributed by atoms with Crippen molar-refractivity contribution in [2.24, 2.45) is 0 Å². The molecule has 0 radical (unpaired) electrons. The van der Waals surface area contributed by atoms with Crippen molar-refractivity contribution in [2.75, 3.05) is 19.7 Å². The second-order valence-electron chi connectivity index (χ2n) is 4.49. The highest BCUT2D eigenvalue weighted by Gasteiger charge is 2.22. The van der Waals surface area contributed by atoms with Crippen molar-refractivity contribution in [3.05, 3.63) is 34.3 Å². The van der Waals surface area contributed by atoms with Gasteiger partial charge >= 0.3 is 0 Å². The van der Waals surface area contributed by atoms with E-state index in [1.165, 1.54) is 0 Å². The second kappa shape index (κ2) is 6.34. The highest BCUT2D eigenvalue weighted by molar-refractivity contribution is 9.10. The van der Waals surface area contributed by atoms with E-state index < -0.39 is 0 Å². The summed E-state index contributed by atoms with van der Waals surface area (Å²) < 4.78 is 6.58. The van der Waals surface area contributed by atoms with Crippen molar-refractivity contribution in [3.8, 4) is 0 Å². The first-order valence-electron chi connectivity index (χ1n) is 6.37. The molecule has 2 rings (SSSR count). The summed E-state index contributed by atoms with van der Waals surface area (Å²) in [6.07, 6.45) is 2.38. The molecule has 3 nitrogen and oxygen atoms in total. The Morgan fingerprint density at radius 2 is 2.17 bits per heavy atom. The Kier molecular flexibility index (Phi) is 4.78. The van der Waals surface area contributed by atoms with E-state index in [-0.39, 0.29) is 12.0 Å². The van der Waals surface area contributed by atoms with Crippen LogP contribution in [0.25, 0.3) is 0 Å². The summed E-state index contributed by atoms with van der Waals surface area (Å²) in [6.45, 7) is 4.25. The zero-order valence-corrected chi connectivity index (χ0v) is 12.1. The lowest BCUT2D eigenvalue weighted by Crippen LogP contribution is -2.37. The summed E-state index contributed by atoms with van der Waals surface area (Å²) >= 11 is 3.37. The maximum atomic E-state index is 12.3. The molecule has 4 heteroatoms. The summed E-state index contributed by atoms with van der Waals surface area (Å²) in [7, 11) is 0. The number of likely N-dealkylation sites (N-methyl/N-ethyl adjacent to an activating group) is 1. The lowest BCUT2D eigenvalue weighted by molar-refractivity contribution is 0.0539. The summed E-state index contributed by atoms with van der Waals surface area (Å²) in [5, 5.41) is 0.